The molecule has 1 atom stereocenters. The van der Waals surface area contributed by atoms with Crippen LogP contribution in [-0.2, 0) is 11.6 Å². The Morgan fingerprint density at radius 2 is 1.65 bits per heavy atom. The van der Waals surface area contributed by atoms with E-state index in [4.69, 9.17) is 11.6 Å². The first kappa shape index (κ1) is 28.9. The van der Waals surface area contributed by atoms with E-state index in [1.165, 1.54) is 18.3 Å². The molecule has 0 radical (unpaired) electrons. The van der Waals surface area contributed by atoms with E-state index in [1.807, 2.05) is 0 Å². The Kier molecular flexibility index (Phi) is 8.34. The van der Waals surface area contributed by atoms with Crippen molar-refractivity contribution in [1.29, 1.82) is 0 Å². The number of rotatable bonds is 8. The van der Waals surface area contributed by atoms with Crippen LogP contribution >= 0.6 is 11.6 Å². The van der Waals surface area contributed by atoms with Crippen LogP contribution in [0.3, 0.4) is 0 Å². The number of benzene rings is 3. The van der Waals surface area contributed by atoms with Crippen molar-refractivity contribution in [1.82, 2.24) is 10.3 Å². The molecule has 1 heterocycles. The SMILES string of the molecule is O=C(NCC(c1ccccc1)(c1cc(F)cc(OC(F)F)c1)c1ccc(Cl)cn1)c1ccc(F)c(C(F)(F)F)c1. The van der Waals surface area contributed by atoms with Gasteiger partial charge in [0.2, 0.25) is 0 Å². The van der Waals surface area contributed by atoms with E-state index < -0.39 is 59.2 Å². The van der Waals surface area contributed by atoms with Crippen molar-refractivity contribution >= 4 is 17.5 Å². The number of nitrogens with one attached hydrogen (secondary N) is 1. The molecule has 4 aromatic rings. The molecule has 0 spiro atoms. The van der Waals surface area contributed by atoms with Crippen LogP contribution in [0, 0.1) is 11.6 Å². The second kappa shape index (κ2) is 11.5. The molecule has 4 nitrogen and oxygen atoms in total. The summed E-state index contributed by atoms with van der Waals surface area (Å²) in [6, 6.07) is 15.8. The standard InChI is InChI=1S/C28H18ClF7N2O2/c29-19-7-9-24(37-14-19)27(17-4-2-1-3-5-17,18-11-20(30)13-21(12-18)40-26(32)33)15-38-25(39)16-6-8-23(31)22(10-16)28(34,35)36/h1-14,26H,15H2,(H,38,39). The van der Waals surface area contributed by atoms with Gasteiger partial charge in [-0.3, -0.25) is 9.78 Å². The number of carbonyl (C=O) groups is 1. The average Bonchev–Trinajstić information content (AvgIpc) is 2.89. The number of amides is 1. The summed E-state index contributed by atoms with van der Waals surface area (Å²) in [6.07, 6.45) is -3.77. The summed E-state index contributed by atoms with van der Waals surface area (Å²) in [4.78, 5) is 17.4. The summed E-state index contributed by atoms with van der Waals surface area (Å²) in [6.45, 7) is -3.71. The number of alkyl halides is 5. The highest BCUT2D eigenvalue weighted by molar-refractivity contribution is 6.30. The highest BCUT2D eigenvalue weighted by atomic mass is 35.5. The van der Waals surface area contributed by atoms with E-state index in [1.54, 1.807) is 30.3 Å². The molecule has 0 saturated heterocycles. The van der Waals surface area contributed by atoms with E-state index >= 15 is 0 Å². The molecule has 0 saturated carbocycles. The van der Waals surface area contributed by atoms with E-state index in [0.717, 1.165) is 24.3 Å². The molecule has 1 amide bonds. The minimum Gasteiger partial charge on any atom is -0.435 e. The molecule has 1 aromatic heterocycles. The van der Waals surface area contributed by atoms with Crippen LogP contribution in [0.25, 0.3) is 0 Å². The van der Waals surface area contributed by atoms with Crippen LogP contribution < -0.4 is 10.1 Å². The van der Waals surface area contributed by atoms with Gasteiger partial charge in [-0.25, -0.2) is 8.78 Å². The lowest BCUT2D eigenvalue weighted by molar-refractivity contribution is -0.140. The predicted octanol–water partition coefficient (Wildman–Crippen LogP) is 7.40. The zero-order chi connectivity index (χ0) is 29.1. The topological polar surface area (TPSA) is 51.2 Å². The molecule has 4 rings (SSSR count). The van der Waals surface area contributed by atoms with Gasteiger partial charge in [0, 0.05) is 24.4 Å². The molecular weight excluding hydrogens is 565 g/mol. The van der Waals surface area contributed by atoms with Crippen LogP contribution in [0.2, 0.25) is 5.02 Å². The number of carbonyl (C=O) groups excluding carboxylic acids is 1. The Morgan fingerprint density at radius 3 is 2.27 bits per heavy atom. The summed E-state index contributed by atoms with van der Waals surface area (Å²) in [5, 5.41) is 2.75. The van der Waals surface area contributed by atoms with Gasteiger partial charge in [0.1, 0.15) is 17.4 Å². The summed E-state index contributed by atoms with van der Waals surface area (Å²) < 4.78 is 98.7. The first-order valence-corrected chi connectivity index (χ1v) is 11.9. The summed E-state index contributed by atoms with van der Waals surface area (Å²) in [7, 11) is 0. The van der Waals surface area contributed by atoms with Crippen LogP contribution in [0.5, 0.6) is 5.75 Å². The fraction of sp³-hybridized carbons (Fsp3) is 0.143. The summed E-state index contributed by atoms with van der Waals surface area (Å²) in [5.74, 6) is -4.03. The molecule has 0 fully saturated rings. The molecular formula is C28H18ClF7N2O2. The fourth-order valence-electron chi connectivity index (χ4n) is 4.29. The van der Waals surface area contributed by atoms with Gasteiger partial charge >= 0.3 is 12.8 Å². The molecule has 0 aliphatic rings. The molecule has 1 N–H and O–H groups in total. The maximum atomic E-state index is 14.8. The van der Waals surface area contributed by atoms with Crippen molar-refractivity contribution in [2.45, 2.75) is 18.2 Å². The molecule has 3 aromatic carbocycles. The van der Waals surface area contributed by atoms with Gasteiger partial charge in [0.15, 0.2) is 0 Å². The molecule has 0 aliphatic heterocycles. The Hall–Kier alpha value is -4.12. The molecule has 40 heavy (non-hydrogen) atoms. The minimum atomic E-state index is -5.05. The first-order valence-electron chi connectivity index (χ1n) is 11.5. The van der Waals surface area contributed by atoms with Gasteiger partial charge in [-0.05, 0) is 53.6 Å². The zero-order valence-electron chi connectivity index (χ0n) is 20.2. The van der Waals surface area contributed by atoms with Crippen molar-refractivity contribution in [3.05, 3.63) is 130 Å². The number of pyridine rings is 1. The largest absolute Gasteiger partial charge is 0.435 e. The second-order valence-electron chi connectivity index (χ2n) is 8.56. The zero-order valence-corrected chi connectivity index (χ0v) is 20.9. The lowest BCUT2D eigenvalue weighted by atomic mass is 9.71. The van der Waals surface area contributed by atoms with Crippen LogP contribution in [0.1, 0.15) is 32.7 Å². The van der Waals surface area contributed by atoms with E-state index in [0.29, 0.717) is 17.7 Å². The van der Waals surface area contributed by atoms with Gasteiger partial charge in [-0.2, -0.15) is 22.0 Å². The van der Waals surface area contributed by atoms with Crippen LogP contribution in [0.15, 0.2) is 85.1 Å². The number of hydrogen-bond donors (Lipinski definition) is 1. The van der Waals surface area contributed by atoms with Crippen molar-refractivity contribution in [2.75, 3.05) is 6.54 Å². The van der Waals surface area contributed by atoms with E-state index in [-0.39, 0.29) is 16.3 Å². The third-order valence-electron chi connectivity index (χ3n) is 6.07. The van der Waals surface area contributed by atoms with E-state index in [9.17, 15) is 35.5 Å². The maximum absolute atomic E-state index is 14.8. The van der Waals surface area contributed by atoms with Crippen molar-refractivity contribution < 1.29 is 40.3 Å². The van der Waals surface area contributed by atoms with Gasteiger partial charge in [0.05, 0.1) is 21.7 Å². The monoisotopic (exact) mass is 582 g/mol. The highest BCUT2D eigenvalue weighted by Crippen LogP contribution is 2.40. The lowest BCUT2D eigenvalue weighted by Gasteiger charge is -2.35. The molecule has 12 heteroatoms. The predicted molar refractivity (Wildman–Crippen MR) is 132 cm³/mol. The van der Waals surface area contributed by atoms with Crippen molar-refractivity contribution in [3.8, 4) is 5.75 Å². The summed E-state index contributed by atoms with van der Waals surface area (Å²) in [5.41, 5.74) is -3.09. The Morgan fingerprint density at radius 1 is 0.925 bits per heavy atom. The second-order valence-corrected chi connectivity index (χ2v) is 9.00. The lowest BCUT2D eigenvalue weighted by Crippen LogP contribution is -2.43. The Bertz CT molecular complexity index is 1500. The summed E-state index contributed by atoms with van der Waals surface area (Å²) >= 11 is 6.02. The molecule has 1 unspecified atom stereocenters. The maximum Gasteiger partial charge on any atom is 0.419 e. The normalized spacial score (nSPS) is 13.1. The molecule has 0 bridgehead atoms. The van der Waals surface area contributed by atoms with Crippen LogP contribution in [-0.4, -0.2) is 24.0 Å². The number of hydrogen-bond acceptors (Lipinski definition) is 3. The number of nitrogens with zero attached hydrogens (tertiary/aromatic N) is 1. The molecule has 208 valence electrons. The van der Waals surface area contributed by atoms with Crippen molar-refractivity contribution in [3.63, 3.8) is 0 Å². The van der Waals surface area contributed by atoms with Gasteiger partial charge in [-0.15, -0.1) is 0 Å². The Balaban J connectivity index is 1.88. The van der Waals surface area contributed by atoms with E-state index in [2.05, 4.69) is 15.0 Å². The van der Waals surface area contributed by atoms with Gasteiger partial charge in [-0.1, -0.05) is 41.9 Å². The third-order valence-corrected chi connectivity index (χ3v) is 6.29. The number of halogens is 8. The number of aromatic nitrogens is 1. The van der Waals surface area contributed by atoms with Gasteiger partial charge < -0.3 is 10.1 Å². The van der Waals surface area contributed by atoms with Crippen LogP contribution in [0.4, 0.5) is 30.7 Å². The Labute approximate surface area is 228 Å². The quantitative estimate of drug-likeness (QED) is 0.220. The third kappa shape index (κ3) is 6.20. The highest BCUT2D eigenvalue weighted by Gasteiger charge is 2.40. The fourth-order valence-corrected chi connectivity index (χ4v) is 4.40. The van der Waals surface area contributed by atoms with Crippen molar-refractivity contribution in [2.24, 2.45) is 0 Å². The average molecular weight is 583 g/mol. The smallest absolute Gasteiger partial charge is 0.419 e. The molecule has 0 aliphatic carbocycles. The minimum absolute atomic E-state index is 0.0274. The van der Waals surface area contributed by atoms with Gasteiger partial charge in [0.25, 0.3) is 5.91 Å². The first-order chi connectivity index (χ1) is 18.9. The number of ether oxygens (including phenoxy) is 1.